The second kappa shape index (κ2) is 10.7. The Hall–Kier alpha value is -3.47. The van der Waals surface area contributed by atoms with Gasteiger partial charge in [0, 0.05) is 29.5 Å². The van der Waals surface area contributed by atoms with Crippen LogP contribution in [-0.4, -0.2) is 36.8 Å². The number of aromatic nitrogens is 3. The van der Waals surface area contributed by atoms with Crippen LogP contribution in [0.25, 0.3) is 11.0 Å². The van der Waals surface area contributed by atoms with Crippen molar-refractivity contribution >= 4 is 28.2 Å². The number of carbonyl (C=O) groups excluding carboxylic acids is 1. The van der Waals surface area contributed by atoms with E-state index < -0.39 is 35.8 Å². The minimum atomic E-state index is -1.70. The fourth-order valence-electron chi connectivity index (χ4n) is 3.67. The summed E-state index contributed by atoms with van der Waals surface area (Å²) in [4.78, 5) is 21.2. The molecule has 0 radical (unpaired) electrons. The van der Waals surface area contributed by atoms with Crippen LogP contribution in [0.15, 0.2) is 72.0 Å². The number of nitrogens with zero attached hydrogens (tertiary/aromatic N) is 3. The van der Waals surface area contributed by atoms with Crippen molar-refractivity contribution in [1.82, 2.24) is 14.5 Å². The minimum Gasteiger partial charge on any atom is -0.609 e. The highest BCUT2D eigenvalue weighted by Crippen LogP contribution is 2.30. The Morgan fingerprint density at radius 1 is 1.19 bits per heavy atom. The SMILES string of the molecule is O=C(OCn1c([S@+]([O-])Cc2cc(OCC3CC3)ccn2)nc2ccc(F)cc21)[C@H](O)c1ccccc1. The first-order valence-corrected chi connectivity index (χ1v) is 12.8. The summed E-state index contributed by atoms with van der Waals surface area (Å²) < 4.78 is 39.8. The molecule has 2 aromatic carbocycles. The molecular weight excluding hydrogens is 485 g/mol. The molecule has 0 bridgehead atoms. The number of pyridine rings is 1. The van der Waals surface area contributed by atoms with Crippen molar-refractivity contribution < 1.29 is 28.3 Å². The summed E-state index contributed by atoms with van der Waals surface area (Å²) in [6.45, 7) is 0.246. The predicted octanol–water partition coefficient (Wildman–Crippen LogP) is 3.90. The van der Waals surface area contributed by atoms with E-state index in [-0.39, 0.29) is 10.9 Å². The summed E-state index contributed by atoms with van der Waals surface area (Å²) in [5.74, 6) is -0.118. The van der Waals surface area contributed by atoms with Gasteiger partial charge < -0.3 is 19.1 Å². The van der Waals surface area contributed by atoms with Crippen LogP contribution in [0.1, 0.15) is 30.2 Å². The molecule has 186 valence electrons. The Morgan fingerprint density at radius 2 is 2.00 bits per heavy atom. The molecule has 1 saturated carbocycles. The zero-order valence-electron chi connectivity index (χ0n) is 19.2. The van der Waals surface area contributed by atoms with Crippen LogP contribution in [0, 0.1) is 11.7 Å². The van der Waals surface area contributed by atoms with Crippen molar-refractivity contribution in [3.63, 3.8) is 0 Å². The van der Waals surface area contributed by atoms with Gasteiger partial charge in [-0.05, 0) is 42.5 Å². The van der Waals surface area contributed by atoms with E-state index in [1.54, 1.807) is 48.7 Å². The predicted molar refractivity (Wildman–Crippen MR) is 130 cm³/mol. The first-order valence-electron chi connectivity index (χ1n) is 11.5. The number of imidazole rings is 1. The molecule has 2 atom stereocenters. The molecule has 4 aromatic rings. The second-order valence-corrected chi connectivity index (χ2v) is 9.93. The number of hydrogen-bond donors (Lipinski definition) is 1. The number of halogens is 1. The van der Waals surface area contributed by atoms with Crippen molar-refractivity contribution in [3.05, 3.63) is 83.9 Å². The van der Waals surface area contributed by atoms with Crippen LogP contribution in [-0.2, 0) is 33.2 Å². The highest BCUT2D eigenvalue weighted by atomic mass is 32.2. The summed E-state index contributed by atoms with van der Waals surface area (Å²) in [6.07, 6.45) is 2.45. The van der Waals surface area contributed by atoms with Gasteiger partial charge in [0.1, 0.15) is 11.6 Å². The average Bonchev–Trinajstić information content (AvgIpc) is 3.66. The molecule has 8 nitrogen and oxygen atoms in total. The van der Waals surface area contributed by atoms with Crippen molar-refractivity contribution in [3.8, 4) is 5.75 Å². The van der Waals surface area contributed by atoms with Crippen LogP contribution in [0.2, 0.25) is 0 Å². The van der Waals surface area contributed by atoms with E-state index in [0.29, 0.717) is 40.6 Å². The van der Waals surface area contributed by atoms with Crippen LogP contribution < -0.4 is 4.74 Å². The zero-order valence-corrected chi connectivity index (χ0v) is 20.1. The first-order chi connectivity index (χ1) is 17.5. The Labute approximate surface area is 209 Å². The molecule has 1 N–H and O–H groups in total. The first kappa shape index (κ1) is 24.2. The van der Waals surface area contributed by atoms with E-state index in [0.717, 1.165) is 0 Å². The molecular formula is C26H24FN3O5S. The fourth-order valence-corrected chi connectivity index (χ4v) is 4.83. The third-order valence-corrected chi connectivity index (χ3v) is 7.08. The number of fused-ring (bicyclic) bond motifs is 1. The van der Waals surface area contributed by atoms with Crippen molar-refractivity contribution in [2.24, 2.45) is 5.92 Å². The lowest BCUT2D eigenvalue weighted by Gasteiger charge is -2.15. The number of hydrogen-bond acceptors (Lipinski definition) is 7. The zero-order chi connectivity index (χ0) is 25.1. The second-order valence-electron chi connectivity index (χ2n) is 8.59. The molecule has 5 rings (SSSR count). The average molecular weight is 510 g/mol. The molecule has 0 spiro atoms. The number of esters is 1. The van der Waals surface area contributed by atoms with Gasteiger partial charge in [-0.25, -0.2) is 13.8 Å². The number of aliphatic hydroxyl groups is 1. The van der Waals surface area contributed by atoms with Crippen molar-refractivity contribution in [1.29, 1.82) is 0 Å². The molecule has 0 unspecified atom stereocenters. The molecule has 1 aliphatic carbocycles. The maximum Gasteiger partial charge on any atom is 0.341 e. The number of carbonyl (C=O) groups is 1. The number of benzene rings is 2. The van der Waals surface area contributed by atoms with E-state index in [9.17, 15) is 18.8 Å². The summed E-state index contributed by atoms with van der Waals surface area (Å²) >= 11 is -1.70. The fraction of sp³-hybridized carbons (Fsp3) is 0.269. The van der Waals surface area contributed by atoms with Gasteiger partial charge in [-0.15, -0.1) is 0 Å². The lowest BCUT2D eigenvalue weighted by Crippen LogP contribution is -2.20. The van der Waals surface area contributed by atoms with Gasteiger partial charge in [-0.2, -0.15) is 4.98 Å². The van der Waals surface area contributed by atoms with Crippen LogP contribution in [0.3, 0.4) is 0 Å². The maximum atomic E-state index is 14.0. The van der Waals surface area contributed by atoms with Crippen LogP contribution in [0.5, 0.6) is 5.75 Å². The van der Waals surface area contributed by atoms with E-state index in [4.69, 9.17) is 9.47 Å². The highest BCUT2D eigenvalue weighted by Gasteiger charge is 2.26. The van der Waals surface area contributed by atoms with Gasteiger partial charge in [0.25, 0.3) is 0 Å². The van der Waals surface area contributed by atoms with E-state index >= 15 is 0 Å². The van der Waals surface area contributed by atoms with Gasteiger partial charge in [0.2, 0.25) is 0 Å². The van der Waals surface area contributed by atoms with E-state index in [1.807, 2.05) is 0 Å². The highest BCUT2D eigenvalue weighted by molar-refractivity contribution is 7.90. The quantitative estimate of drug-likeness (QED) is 0.255. The summed E-state index contributed by atoms with van der Waals surface area (Å²) in [5.41, 5.74) is 1.63. The Kier molecular flexibility index (Phi) is 7.17. The van der Waals surface area contributed by atoms with Gasteiger partial charge in [0.05, 0.1) is 23.3 Å². The topological polar surface area (TPSA) is 110 Å². The van der Waals surface area contributed by atoms with E-state index in [1.165, 1.54) is 35.6 Å². The van der Waals surface area contributed by atoms with Gasteiger partial charge in [0.15, 0.2) is 18.6 Å². The molecule has 0 amide bonds. The molecule has 1 aliphatic rings. The Balaban J connectivity index is 1.35. The van der Waals surface area contributed by atoms with Crippen LogP contribution in [0.4, 0.5) is 4.39 Å². The molecule has 0 aliphatic heterocycles. The number of aliphatic hydroxyl groups excluding tert-OH is 1. The smallest absolute Gasteiger partial charge is 0.341 e. The lowest BCUT2D eigenvalue weighted by atomic mass is 10.1. The number of rotatable bonds is 10. The van der Waals surface area contributed by atoms with Gasteiger partial charge in [-0.3, -0.25) is 4.98 Å². The lowest BCUT2D eigenvalue weighted by molar-refractivity contribution is -0.158. The van der Waals surface area contributed by atoms with Gasteiger partial charge >= 0.3 is 11.1 Å². The summed E-state index contributed by atoms with van der Waals surface area (Å²) in [5, 5.41) is 10.4. The van der Waals surface area contributed by atoms with Crippen LogP contribution >= 0.6 is 0 Å². The maximum absolute atomic E-state index is 14.0. The summed E-state index contributed by atoms with van der Waals surface area (Å²) in [6, 6.07) is 15.8. The molecule has 2 aromatic heterocycles. The van der Waals surface area contributed by atoms with Gasteiger partial charge in [-0.1, -0.05) is 30.3 Å². The molecule has 1 fully saturated rings. The molecule has 2 heterocycles. The van der Waals surface area contributed by atoms with Crippen molar-refractivity contribution in [2.45, 2.75) is 36.6 Å². The number of ether oxygens (including phenoxy) is 2. The Bertz CT molecular complexity index is 1360. The molecule has 36 heavy (non-hydrogen) atoms. The van der Waals surface area contributed by atoms with Crippen molar-refractivity contribution in [2.75, 3.05) is 6.61 Å². The van der Waals surface area contributed by atoms with E-state index in [2.05, 4.69) is 9.97 Å². The standard InChI is InChI=1S/C26H24FN3O5S/c27-19-8-9-22-23(12-19)30(16-35-25(32)24(31)18-4-2-1-3-5-18)26(29-22)36(33)15-20-13-21(10-11-28-20)34-14-17-6-7-17/h1-5,8-13,17,24,31H,6-7,14-16H2/t24-,36-/m1/s1. The third-order valence-electron chi connectivity index (χ3n) is 5.80. The third kappa shape index (κ3) is 5.67. The molecule has 10 heteroatoms. The Morgan fingerprint density at radius 3 is 2.78 bits per heavy atom. The normalized spacial score (nSPS) is 15.0. The minimum absolute atomic E-state index is 0.0347. The summed E-state index contributed by atoms with van der Waals surface area (Å²) in [7, 11) is 0. The molecule has 0 saturated heterocycles. The monoisotopic (exact) mass is 509 g/mol. The largest absolute Gasteiger partial charge is 0.609 e.